The van der Waals surface area contributed by atoms with Crippen LogP contribution in [0.5, 0.6) is 0 Å². The van der Waals surface area contributed by atoms with E-state index >= 15 is 0 Å². The number of hydrogen-bond donors (Lipinski definition) is 0. The molecule has 1 aliphatic carbocycles. The van der Waals surface area contributed by atoms with Crippen LogP contribution >= 0.6 is 0 Å². The molecule has 0 bridgehead atoms. The predicted octanol–water partition coefficient (Wildman–Crippen LogP) is 4.54. The summed E-state index contributed by atoms with van der Waals surface area (Å²) < 4.78 is 10.7. The van der Waals surface area contributed by atoms with Crippen LogP contribution in [0.4, 0.5) is 4.79 Å². The zero-order chi connectivity index (χ0) is 14.0. The van der Waals surface area contributed by atoms with Crippen LogP contribution in [-0.4, -0.2) is 17.4 Å². The van der Waals surface area contributed by atoms with Gasteiger partial charge in [0.15, 0.2) is 0 Å². The zero-order valence-corrected chi connectivity index (χ0v) is 12.7. The molecule has 0 atom stereocenters. The van der Waals surface area contributed by atoms with Crippen LogP contribution in [0.3, 0.4) is 0 Å². The number of carbonyl (C=O) groups excluding carboxylic acids is 1. The highest BCUT2D eigenvalue weighted by Crippen LogP contribution is 2.38. The molecule has 0 aliphatic heterocycles. The van der Waals surface area contributed by atoms with Gasteiger partial charge in [0.1, 0.15) is 11.2 Å². The van der Waals surface area contributed by atoms with Crippen LogP contribution in [-0.2, 0) is 9.47 Å². The molecule has 1 saturated carbocycles. The topological polar surface area (TPSA) is 35.5 Å². The van der Waals surface area contributed by atoms with E-state index in [-0.39, 0.29) is 5.60 Å². The second-order valence-corrected chi connectivity index (χ2v) is 7.10. The summed E-state index contributed by atoms with van der Waals surface area (Å²) in [5, 5.41) is 0. The summed E-state index contributed by atoms with van der Waals surface area (Å²) in [6, 6.07) is 0. The van der Waals surface area contributed by atoms with Crippen LogP contribution in [0.1, 0.15) is 67.2 Å². The first-order chi connectivity index (χ1) is 8.11. The minimum atomic E-state index is -0.534. The van der Waals surface area contributed by atoms with Crippen LogP contribution in [0.15, 0.2) is 0 Å². The molecule has 0 unspecified atom stereocenters. The molecule has 1 fully saturated rings. The van der Waals surface area contributed by atoms with Gasteiger partial charge in [-0.15, -0.1) is 0 Å². The van der Waals surface area contributed by atoms with Crippen molar-refractivity contribution in [2.75, 3.05) is 0 Å². The molecule has 106 valence electrons. The molecule has 0 aromatic rings. The van der Waals surface area contributed by atoms with Gasteiger partial charge in [-0.05, 0) is 65.2 Å². The first-order valence-corrected chi connectivity index (χ1v) is 7.03. The third-order valence-corrected chi connectivity index (χ3v) is 3.75. The van der Waals surface area contributed by atoms with Gasteiger partial charge < -0.3 is 9.47 Å². The zero-order valence-electron chi connectivity index (χ0n) is 12.7. The number of ether oxygens (including phenoxy) is 2. The maximum Gasteiger partial charge on any atom is 0.509 e. The Hall–Kier alpha value is -0.730. The molecule has 0 N–H and O–H groups in total. The van der Waals surface area contributed by atoms with Crippen molar-refractivity contribution in [3.8, 4) is 0 Å². The van der Waals surface area contributed by atoms with Gasteiger partial charge in [0.05, 0.1) is 0 Å². The Labute approximate surface area is 111 Å². The fourth-order valence-corrected chi connectivity index (χ4v) is 2.49. The SMILES string of the molecule is CC(C)C1CCC(C)(OC(=O)OC(C)(C)C)CC1. The van der Waals surface area contributed by atoms with Gasteiger partial charge in [-0.2, -0.15) is 0 Å². The first kappa shape index (κ1) is 15.3. The average Bonchev–Trinajstić information content (AvgIpc) is 2.13. The highest BCUT2D eigenvalue weighted by atomic mass is 16.7. The molecule has 0 aromatic heterocycles. The second-order valence-electron chi connectivity index (χ2n) is 7.10. The van der Waals surface area contributed by atoms with Crippen molar-refractivity contribution in [2.45, 2.75) is 78.4 Å². The van der Waals surface area contributed by atoms with Gasteiger partial charge in [0.25, 0.3) is 0 Å². The Bertz CT molecular complexity index is 281. The van der Waals surface area contributed by atoms with E-state index in [1.807, 2.05) is 27.7 Å². The molecular weight excluding hydrogens is 228 g/mol. The van der Waals surface area contributed by atoms with E-state index in [1.165, 1.54) is 0 Å². The van der Waals surface area contributed by atoms with Gasteiger partial charge in [-0.3, -0.25) is 0 Å². The lowest BCUT2D eigenvalue weighted by atomic mass is 9.75. The molecule has 0 spiro atoms. The molecule has 1 rings (SSSR count). The second kappa shape index (κ2) is 5.50. The highest BCUT2D eigenvalue weighted by molar-refractivity contribution is 5.61. The molecule has 0 amide bonds. The van der Waals surface area contributed by atoms with Gasteiger partial charge in [0, 0.05) is 0 Å². The lowest BCUT2D eigenvalue weighted by Crippen LogP contribution is -2.38. The minimum Gasteiger partial charge on any atom is -0.429 e. The smallest absolute Gasteiger partial charge is 0.429 e. The van der Waals surface area contributed by atoms with E-state index in [1.54, 1.807) is 0 Å². The summed E-state index contributed by atoms with van der Waals surface area (Å²) in [4.78, 5) is 11.7. The van der Waals surface area contributed by atoms with E-state index in [9.17, 15) is 4.79 Å². The number of rotatable bonds is 2. The van der Waals surface area contributed by atoms with Crippen molar-refractivity contribution < 1.29 is 14.3 Å². The van der Waals surface area contributed by atoms with Crippen LogP contribution in [0, 0.1) is 11.8 Å². The molecule has 0 aromatic carbocycles. The summed E-state index contributed by atoms with van der Waals surface area (Å²) in [5.41, 5.74) is -0.823. The summed E-state index contributed by atoms with van der Waals surface area (Å²) in [6.07, 6.45) is 3.62. The summed E-state index contributed by atoms with van der Waals surface area (Å²) in [5.74, 6) is 1.48. The fourth-order valence-electron chi connectivity index (χ4n) is 2.49. The van der Waals surface area contributed by atoms with Crippen molar-refractivity contribution in [2.24, 2.45) is 11.8 Å². The van der Waals surface area contributed by atoms with Gasteiger partial charge in [-0.25, -0.2) is 4.79 Å². The van der Waals surface area contributed by atoms with Crippen molar-refractivity contribution in [1.82, 2.24) is 0 Å². The normalized spacial score (nSPS) is 29.2. The van der Waals surface area contributed by atoms with E-state index in [0.717, 1.165) is 37.5 Å². The molecular formula is C15H28O3. The van der Waals surface area contributed by atoms with E-state index in [2.05, 4.69) is 13.8 Å². The molecule has 1 aliphatic rings. The van der Waals surface area contributed by atoms with Gasteiger partial charge in [0.2, 0.25) is 0 Å². The highest BCUT2D eigenvalue weighted by Gasteiger charge is 2.36. The largest absolute Gasteiger partial charge is 0.509 e. The van der Waals surface area contributed by atoms with E-state index in [4.69, 9.17) is 9.47 Å². The maximum atomic E-state index is 11.7. The third kappa shape index (κ3) is 4.87. The van der Waals surface area contributed by atoms with Crippen molar-refractivity contribution in [3.63, 3.8) is 0 Å². The standard InChI is InChI=1S/C15H28O3/c1-11(2)12-7-9-15(6,10-8-12)18-13(16)17-14(3,4)5/h11-12H,7-10H2,1-6H3. The summed E-state index contributed by atoms with van der Waals surface area (Å²) in [7, 11) is 0. The number of carbonyl (C=O) groups is 1. The quantitative estimate of drug-likeness (QED) is 0.680. The lowest BCUT2D eigenvalue weighted by Gasteiger charge is -2.38. The Morgan fingerprint density at radius 1 is 1.22 bits per heavy atom. The summed E-state index contributed by atoms with van der Waals surface area (Å²) >= 11 is 0. The lowest BCUT2D eigenvalue weighted by molar-refractivity contribution is -0.0783. The van der Waals surface area contributed by atoms with E-state index < -0.39 is 11.8 Å². The Morgan fingerprint density at radius 2 is 1.72 bits per heavy atom. The molecule has 18 heavy (non-hydrogen) atoms. The van der Waals surface area contributed by atoms with Gasteiger partial charge in [-0.1, -0.05) is 13.8 Å². The predicted molar refractivity (Wildman–Crippen MR) is 72.5 cm³/mol. The minimum absolute atomic E-state index is 0.340. The van der Waals surface area contributed by atoms with E-state index in [0.29, 0.717) is 0 Å². The third-order valence-electron chi connectivity index (χ3n) is 3.75. The van der Waals surface area contributed by atoms with Crippen molar-refractivity contribution in [3.05, 3.63) is 0 Å². The van der Waals surface area contributed by atoms with Crippen molar-refractivity contribution in [1.29, 1.82) is 0 Å². The summed E-state index contributed by atoms with van der Waals surface area (Å²) in [6.45, 7) is 12.1. The van der Waals surface area contributed by atoms with Crippen LogP contribution in [0.2, 0.25) is 0 Å². The number of hydrogen-bond acceptors (Lipinski definition) is 3. The maximum absolute atomic E-state index is 11.7. The first-order valence-electron chi connectivity index (χ1n) is 7.03. The Kier molecular flexibility index (Phi) is 4.68. The average molecular weight is 256 g/mol. The van der Waals surface area contributed by atoms with Crippen LogP contribution in [0.25, 0.3) is 0 Å². The van der Waals surface area contributed by atoms with Crippen LogP contribution < -0.4 is 0 Å². The molecule has 0 saturated heterocycles. The molecule has 0 radical (unpaired) electrons. The van der Waals surface area contributed by atoms with Crippen molar-refractivity contribution >= 4 is 6.16 Å². The Balaban J connectivity index is 2.45. The van der Waals surface area contributed by atoms with Gasteiger partial charge >= 0.3 is 6.16 Å². The molecule has 3 nitrogen and oxygen atoms in total. The molecule has 3 heteroatoms. The molecule has 0 heterocycles. The monoisotopic (exact) mass is 256 g/mol. The fraction of sp³-hybridized carbons (Fsp3) is 0.933. The Morgan fingerprint density at radius 3 is 2.11 bits per heavy atom.